The number of rotatable bonds is 11. The van der Waals surface area contributed by atoms with E-state index >= 15 is 0 Å². The first-order valence-corrected chi connectivity index (χ1v) is 16.2. The number of methoxy groups -OCH3 is 1. The number of carbonyl (C=O) groups excluding carboxylic acids is 1. The van der Waals surface area contributed by atoms with E-state index in [-0.39, 0.29) is 0 Å². The van der Waals surface area contributed by atoms with Gasteiger partial charge in [0.2, 0.25) is 0 Å². The molecule has 0 aliphatic heterocycles. The largest absolute Gasteiger partial charge is 0.495 e. The van der Waals surface area contributed by atoms with Crippen molar-refractivity contribution in [3.8, 4) is 44.8 Å². The summed E-state index contributed by atoms with van der Waals surface area (Å²) in [5.41, 5.74) is 0.772. The van der Waals surface area contributed by atoms with Gasteiger partial charge in [-0.15, -0.1) is 56.7 Å². The smallest absolute Gasteiger partial charge is 0.151 e. The molecule has 0 radical (unpaired) electrons. The molecule has 2 nitrogen and oxygen atoms in total. The fraction of sp³-hybridized carbons (Fsp3) is 0.276. The van der Waals surface area contributed by atoms with Gasteiger partial charge in [0.25, 0.3) is 0 Å². The Morgan fingerprint density at radius 3 is 2.14 bits per heavy atom. The average Bonchev–Trinajstić information content (AvgIpc) is 3.70. The van der Waals surface area contributed by atoms with E-state index < -0.39 is 0 Å². The molecule has 0 fully saturated rings. The highest BCUT2D eigenvalue weighted by molar-refractivity contribution is 7.30. The van der Waals surface area contributed by atoms with E-state index in [9.17, 15) is 4.79 Å². The molecule has 0 aliphatic carbocycles. The minimum Gasteiger partial charge on any atom is -0.495 e. The maximum atomic E-state index is 12.0. The van der Waals surface area contributed by atoms with Crippen molar-refractivity contribution < 1.29 is 9.53 Å². The van der Waals surface area contributed by atoms with Crippen LogP contribution in [-0.2, 0) is 6.42 Å². The summed E-state index contributed by atoms with van der Waals surface area (Å²) >= 11 is 8.89. The first kappa shape index (κ1) is 25.6. The predicted octanol–water partition coefficient (Wildman–Crippen LogP) is 10.9. The van der Waals surface area contributed by atoms with Crippen LogP contribution in [0.2, 0.25) is 0 Å². The molecule has 0 spiro atoms. The molecule has 0 saturated carbocycles. The molecule has 0 aromatic carbocycles. The lowest BCUT2D eigenvalue weighted by Gasteiger charge is -1.98. The Hall–Kier alpha value is -2.03. The standard InChI is InChI=1S/C29H28O2S5/c1-4-5-6-7-8-20-10-12-23(33-20)26-15-19(17-30)28(35-26)24-13-14-25(34-24)29-21(31-3)16-27(36-29)22-11-9-18(2)32-22/h9-17H,4-8H2,1-3H3. The molecule has 5 aromatic rings. The maximum absolute atomic E-state index is 12.0. The molecular weight excluding hydrogens is 541 g/mol. The quantitative estimate of drug-likeness (QED) is 0.117. The van der Waals surface area contributed by atoms with E-state index in [0.29, 0.717) is 0 Å². The lowest BCUT2D eigenvalue weighted by Crippen LogP contribution is -1.80. The third-order valence-corrected chi connectivity index (χ3v) is 12.3. The van der Waals surface area contributed by atoms with Crippen molar-refractivity contribution in [3.63, 3.8) is 0 Å². The predicted molar refractivity (Wildman–Crippen MR) is 162 cm³/mol. The summed E-state index contributed by atoms with van der Waals surface area (Å²) in [6, 6.07) is 17.3. The van der Waals surface area contributed by atoms with Crippen LogP contribution in [0.3, 0.4) is 0 Å². The second-order valence-electron chi connectivity index (χ2n) is 8.67. The molecule has 0 atom stereocenters. The van der Waals surface area contributed by atoms with Crippen molar-refractivity contribution >= 4 is 63.0 Å². The summed E-state index contributed by atoms with van der Waals surface area (Å²) in [7, 11) is 1.73. The molecule has 7 heteroatoms. The van der Waals surface area contributed by atoms with Gasteiger partial charge in [-0.05, 0) is 62.2 Å². The zero-order valence-electron chi connectivity index (χ0n) is 20.6. The molecule has 0 N–H and O–H groups in total. The molecular formula is C29H28O2S5. The molecule has 0 saturated heterocycles. The van der Waals surface area contributed by atoms with E-state index in [4.69, 9.17) is 4.74 Å². The Bertz CT molecular complexity index is 1460. The lowest BCUT2D eigenvalue weighted by molar-refractivity contribution is 0.112. The second kappa shape index (κ2) is 11.6. The van der Waals surface area contributed by atoms with Crippen LogP contribution in [0, 0.1) is 6.92 Å². The van der Waals surface area contributed by atoms with Gasteiger partial charge in [0.1, 0.15) is 5.75 Å². The van der Waals surface area contributed by atoms with Gasteiger partial charge in [-0.1, -0.05) is 26.2 Å². The van der Waals surface area contributed by atoms with Gasteiger partial charge in [0.15, 0.2) is 6.29 Å². The van der Waals surface area contributed by atoms with Gasteiger partial charge in [0, 0.05) is 50.6 Å². The first-order chi connectivity index (χ1) is 17.6. The molecule has 186 valence electrons. The Balaban J connectivity index is 1.40. The third kappa shape index (κ3) is 5.46. The van der Waals surface area contributed by atoms with Gasteiger partial charge < -0.3 is 4.74 Å². The first-order valence-electron chi connectivity index (χ1n) is 12.1. The van der Waals surface area contributed by atoms with Crippen LogP contribution in [-0.4, -0.2) is 13.4 Å². The summed E-state index contributed by atoms with van der Waals surface area (Å²) in [6.45, 7) is 4.38. The van der Waals surface area contributed by atoms with Crippen molar-refractivity contribution in [2.75, 3.05) is 7.11 Å². The Kier molecular flexibility index (Phi) is 8.23. The Morgan fingerprint density at radius 2 is 1.42 bits per heavy atom. The number of aldehydes is 1. The van der Waals surface area contributed by atoms with Crippen LogP contribution in [0.15, 0.2) is 48.5 Å². The monoisotopic (exact) mass is 568 g/mol. The van der Waals surface area contributed by atoms with E-state index in [1.165, 1.54) is 59.8 Å². The topological polar surface area (TPSA) is 26.3 Å². The molecule has 0 amide bonds. The third-order valence-electron chi connectivity index (χ3n) is 6.02. The number of aryl methyl sites for hydroxylation is 2. The van der Waals surface area contributed by atoms with E-state index in [1.807, 2.05) is 11.3 Å². The van der Waals surface area contributed by atoms with Crippen LogP contribution in [0.5, 0.6) is 5.75 Å². The fourth-order valence-corrected chi connectivity index (χ4v) is 9.73. The van der Waals surface area contributed by atoms with Crippen molar-refractivity contribution in [1.29, 1.82) is 0 Å². The van der Waals surface area contributed by atoms with Gasteiger partial charge in [0.05, 0.1) is 16.9 Å². The van der Waals surface area contributed by atoms with Gasteiger partial charge >= 0.3 is 0 Å². The molecule has 5 rings (SSSR count). The highest BCUT2D eigenvalue weighted by Gasteiger charge is 2.19. The molecule has 0 unspecified atom stereocenters. The van der Waals surface area contributed by atoms with Crippen LogP contribution in [0.25, 0.3) is 39.0 Å². The van der Waals surface area contributed by atoms with Crippen LogP contribution in [0.1, 0.15) is 52.7 Å². The van der Waals surface area contributed by atoms with E-state index in [2.05, 4.69) is 62.4 Å². The molecule has 0 aliphatic rings. The summed E-state index contributed by atoms with van der Waals surface area (Å²) in [4.78, 5) is 24.2. The second-order valence-corrected chi connectivity index (χ2v) is 14.3. The van der Waals surface area contributed by atoms with Crippen molar-refractivity contribution in [2.45, 2.75) is 46.0 Å². The van der Waals surface area contributed by atoms with Crippen molar-refractivity contribution in [2.24, 2.45) is 0 Å². The minimum absolute atomic E-state index is 0.772. The van der Waals surface area contributed by atoms with Gasteiger partial charge in [-0.25, -0.2) is 0 Å². The number of hydrogen-bond donors (Lipinski definition) is 0. The number of hydrogen-bond acceptors (Lipinski definition) is 7. The molecule has 5 aromatic heterocycles. The minimum atomic E-state index is 0.772. The zero-order valence-corrected chi connectivity index (χ0v) is 24.7. The summed E-state index contributed by atoms with van der Waals surface area (Å²) in [5.74, 6) is 0.905. The summed E-state index contributed by atoms with van der Waals surface area (Å²) in [5, 5.41) is 0. The van der Waals surface area contributed by atoms with Gasteiger partial charge in [-0.2, -0.15) is 0 Å². The SMILES string of the molecule is CCCCCCc1ccc(-c2cc(C=O)c(-c3ccc(-c4sc(-c5ccc(C)s5)cc4OC)s3)s2)s1. The average molecular weight is 569 g/mol. The Labute approximate surface area is 232 Å². The normalized spacial score (nSPS) is 11.3. The highest BCUT2D eigenvalue weighted by Crippen LogP contribution is 2.49. The zero-order chi connectivity index (χ0) is 25.1. The summed E-state index contributed by atoms with van der Waals surface area (Å²) < 4.78 is 5.74. The highest BCUT2D eigenvalue weighted by atomic mass is 32.1. The van der Waals surface area contributed by atoms with E-state index in [0.717, 1.165) is 38.7 Å². The van der Waals surface area contributed by atoms with Crippen LogP contribution in [0.4, 0.5) is 0 Å². The Morgan fingerprint density at radius 1 is 0.722 bits per heavy atom. The van der Waals surface area contributed by atoms with Crippen LogP contribution < -0.4 is 4.74 Å². The summed E-state index contributed by atoms with van der Waals surface area (Å²) in [6.07, 6.45) is 7.27. The molecule has 5 heterocycles. The number of unbranched alkanes of at least 4 members (excludes halogenated alkanes) is 3. The molecule has 36 heavy (non-hydrogen) atoms. The maximum Gasteiger partial charge on any atom is 0.151 e. The fourth-order valence-electron chi connectivity index (χ4n) is 4.15. The van der Waals surface area contributed by atoms with Gasteiger partial charge in [-0.3, -0.25) is 4.79 Å². The number of carbonyl (C=O) groups is 1. The van der Waals surface area contributed by atoms with E-state index in [1.54, 1.807) is 52.5 Å². The van der Waals surface area contributed by atoms with Crippen LogP contribution >= 0.6 is 56.7 Å². The van der Waals surface area contributed by atoms with Crippen molar-refractivity contribution in [3.05, 3.63) is 63.8 Å². The lowest BCUT2D eigenvalue weighted by atomic mass is 10.1. The number of thiophene rings is 5. The number of ether oxygens (including phenoxy) is 1. The molecule has 0 bridgehead atoms. The van der Waals surface area contributed by atoms with Crippen molar-refractivity contribution in [1.82, 2.24) is 0 Å².